The highest BCUT2D eigenvalue weighted by Crippen LogP contribution is 2.24. The largest absolute Gasteiger partial charge is 0.399 e. The van der Waals surface area contributed by atoms with E-state index in [2.05, 4.69) is 15.3 Å². The van der Waals surface area contributed by atoms with E-state index in [0.717, 1.165) is 15.6 Å². The number of amides is 1. The Bertz CT molecular complexity index is 608. The smallest absolute Gasteiger partial charge is 0.270 e. The molecule has 0 spiro atoms. The van der Waals surface area contributed by atoms with Gasteiger partial charge in [0.1, 0.15) is 5.69 Å². The van der Waals surface area contributed by atoms with Crippen molar-refractivity contribution in [2.24, 2.45) is 0 Å². The molecule has 19 heavy (non-hydrogen) atoms. The fourth-order valence-electron chi connectivity index (χ4n) is 1.86. The van der Waals surface area contributed by atoms with E-state index in [4.69, 9.17) is 5.73 Å². The van der Waals surface area contributed by atoms with Crippen LogP contribution in [0.3, 0.4) is 0 Å². The van der Waals surface area contributed by atoms with Gasteiger partial charge in [-0.3, -0.25) is 9.78 Å². The predicted molar refractivity (Wildman–Crippen MR) is 76.1 cm³/mol. The van der Waals surface area contributed by atoms with E-state index in [0.29, 0.717) is 11.4 Å². The molecule has 2 aromatic rings. The van der Waals surface area contributed by atoms with Crippen LogP contribution in [0.5, 0.6) is 0 Å². The third-order valence-corrected chi connectivity index (χ3v) is 3.95. The molecule has 2 rings (SSSR count). The molecule has 2 aromatic heterocycles. The Morgan fingerprint density at radius 2 is 2.21 bits per heavy atom. The van der Waals surface area contributed by atoms with Gasteiger partial charge < -0.3 is 11.1 Å². The number of nitrogens with zero attached hydrogens (tertiary/aromatic N) is 2. The first-order valence-corrected chi connectivity index (χ1v) is 6.75. The highest BCUT2D eigenvalue weighted by molar-refractivity contribution is 7.11. The van der Waals surface area contributed by atoms with Crippen LogP contribution in [-0.4, -0.2) is 15.9 Å². The zero-order valence-electron chi connectivity index (χ0n) is 11.1. The number of nitrogens with two attached hydrogens (primary N) is 1. The first-order valence-electron chi connectivity index (χ1n) is 5.93. The third-order valence-electron chi connectivity index (χ3n) is 2.70. The number of rotatable bonds is 3. The lowest BCUT2D eigenvalue weighted by atomic mass is 10.2. The normalized spacial score (nSPS) is 12.2. The maximum atomic E-state index is 12.1. The summed E-state index contributed by atoms with van der Waals surface area (Å²) < 4.78 is 0. The van der Waals surface area contributed by atoms with Crippen LogP contribution in [0.2, 0.25) is 0 Å². The number of carbonyl (C=O) groups excluding carboxylic acids is 1. The van der Waals surface area contributed by atoms with Crippen LogP contribution in [0.25, 0.3) is 0 Å². The van der Waals surface area contributed by atoms with Crippen LogP contribution in [0.1, 0.15) is 39.0 Å². The van der Waals surface area contributed by atoms with Crippen LogP contribution < -0.4 is 11.1 Å². The number of hydrogen-bond donors (Lipinski definition) is 2. The van der Waals surface area contributed by atoms with Gasteiger partial charge in [0.15, 0.2) is 0 Å². The number of hydrogen-bond acceptors (Lipinski definition) is 5. The molecular weight excluding hydrogens is 260 g/mol. The van der Waals surface area contributed by atoms with Crippen molar-refractivity contribution in [2.45, 2.75) is 26.8 Å². The van der Waals surface area contributed by atoms with E-state index in [1.165, 1.54) is 6.20 Å². The van der Waals surface area contributed by atoms with Crippen molar-refractivity contribution < 1.29 is 4.79 Å². The van der Waals surface area contributed by atoms with Crippen LogP contribution in [0, 0.1) is 13.8 Å². The summed E-state index contributed by atoms with van der Waals surface area (Å²) in [7, 11) is 0. The molecule has 3 N–H and O–H groups in total. The van der Waals surface area contributed by atoms with Crippen molar-refractivity contribution in [3.8, 4) is 0 Å². The van der Waals surface area contributed by atoms with Gasteiger partial charge in [0.25, 0.3) is 5.91 Å². The standard InChI is InChI=1S/C13H16N4OS/c1-7-12(19-9(3)16-7)8(2)17-13(18)11-6-10(14)4-5-15-11/h4-6,8H,1-3H3,(H2,14,15)(H,17,18). The van der Waals surface area contributed by atoms with Gasteiger partial charge in [-0.05, 0) is 32.9 Å². The van der Waals surface area contributed by atoms with E-state index < -0.39 is 0 Å². The van der Waals surface area contributed by atoms with Crippen molar-refractivity contribution in [3.05, 3.63) is 39.6 Å². The third kappa shape index (κ3) is 3.08. The second-order valence-corrected chi connectivity index (χ2v) is 5.59. The van der Waals surface area contributed by atoms with Gasteiger partial charge in [-0.25, -0.2) is 4.98 Å². The minimum atomic E-state index is -0.231. The molecule has 6 heteroatoms. The highest BCUT2D eigenvalue weighted by atomic mass is 32.1. The van der Waals surface area contributed by atoms with Crippen molar-refractivity contribution in [2.75, 3.05) is 5.73 Å². The van der Waals surface area contributed by atoms with Crippen LogP contribution in [0.15, 0.2) is 18.3 Å². The Morgan fingerprint density at radius 3 is 2.79 bits per heavy atom. The van der Waals surface area contributed by atoms with E-state index in [1.54, 1.807) is 23.5 Å². The molecule has 0 bridgehead atoms. The number of aryl methyl sites for hydroxylation is 2. The van der Waals surface area contributed by atoms with Gasteiger partial charge in [-0.1, -0.05) is 0 Å². The summed E-state index contributed by atoms with van der Waals surface area (Å²) >= 11 is 1.59. The number of carbonyl (C=O) groups is 1. The van der Waals surface area contributed by atoms with Gasteiger partial charge in [-0.2, -0.15) is 0 Å². The molecule has 1 amide bonds. The lowest BCUT2D eigenvalue weighted by molar-refractivity contribution is 0.0935. The lowest BCUT2D eigenvalue weighted by Crippen LogP contribution is -2.27. The number of thiazole rings is 1. The second kappa shape index (κ2) is 5.36. The first kappa shape index (κ1) is 13.5. The van der Waals surface area contributed by atoms with E-state index in [-0.39, 0.29) is 11.9 Å². The zero-order valence-corrected chi connectivity index (χ0v) is 11.9. The molecule has 0 saturated heterocycles. The van der Waals surface area contributed by atoms with Gasteiger partial charge >= 0.3 is 0 Å². The summed E-state index contributed by atoms with van der Waals surface area (Å²) in [6, 6.07) is 3.12. The molecule has 0 saturated carbocycles. The Balaban J connectivity index is 2.13. The Morgan fingerprint density at radius 1 is 1.47 bits per heavy atom. The molecule has 5 nitrogen and oxygen atoms in total. The minimum absolute atomic E-state index is 0.0954. The molecule has 0 aliphatic carbocycles. The maximum absolute atomic E-state index is 12.1. The second-order valence-electron chi connectivity index (χ2n) is 4.35. The molecule has 100 valence electrons. The predicted octanol–water partition coefficient (Wildman–Crippen LogP) is 2.23. The highest BCUT2D eigenvalue weighted by Gasteiger charge is 2.16. The van der Waals surface area contributed by atoms with Gasteiger partial charge in [0.2, 0.25) is 0 Å². The molecule has 0 aromatic carbocycles. The average molecular weight is 276 g/mol. The fraction of sp³-hybridized carbons (Fsp3) is 0.308. The quantitative estimate of drug-likeness (QED) is 0.900. The monoisotopic (exact) mass is 276 g/mol. The molecule has 2 heterocycles. The molecule has 0 fully saturated rings. The average Bonchev–Trinajstić information content (AvgIpc) is 2.68. The number of nitrogen functional groups attached to an aromatic ring is 1. The van der Waals surface area contributed by atoms with Crippen molar-refractivity contribution in [3.63, 3.8) is 0 Å². The van der Waals surface area contributed by atoms with Crippen LogP contribution in [0.4, 0.5) is 5.69 Å². The van der Waals surface area contributed by atoms with Crippen molar-refractivity contribution >= 4 is 22.9 Å². The molecule has 1 atom stereocenters. The van der Waals surface area contributed by atoms with E-state index in [1.807, 2.05) is 20.8 Å². The SMILES string of the molecule is Cc1nc(C)c(C(C)NC(=O)c2cc(N)ccn2)s1. The zero-order chi connectivity index (χ0) is 14.0. The number of nitrogens with one attached hydrogen (secondary N) is 1. The van der Waals surface area contributed by atoms with Crippen molar-refractivity contribution in [1.82, 2.24) is 15.3 Å². The summed E-state index contributed by atoms with van der Waals surface area (Å²) in [6.45, 7) is 5.83. The summed E-state index contributed by atoms with van der Waals surface area (Å²) in [5.41, 5.74) is 7.44. The Hall–Kier alpha value is -1.95. The molecule has 0 aliphatic heterocycles. The summed E-state index contributed by atoms with van der Waals surface area (Å²) in [5.74, 6) is -0.231. The summed E-state index contributed by atoms with van der Waals surface area (Å²) in [5, 5.41) is 3.90. The molecular formula is C13H16N4OS. The topological polar surface area (TPSA) is 80.9 Å². The Labute approximate surface area is 115 Å². The van der Waals surface area contributed by atoms with Crippen LogP contribution >= 0.6 is 11.3 Å². The molecule has 0 aliphatic rings. The van der Waals surface area contributed by atoms with Crippen LogP contribution in [-0.2, 0) is 0 Å². The maximum Gasteiger partial charge on any atom is 0.270 e. The van der Waals surface area contributed by atoms with Gasteiger partial charge in [0, 0.05) is 16.8 Å². The van der Waals surface area contributed by atoms with E-state index >= 15 is 0 Å². The minimum Gasteiger partial charge on any atom is -0.399 e. The number of aromatic nitrogens is 2. The van der Waals surface area contributed by atoms with Gasteiger partial charge in [0.05, 0.1) is 16.7 Å². The Kier molecular flexibility index (Phi) is 3.80. The lowest BCUT2D eigenvalue weighted by Gasteiger charge is -2.12. The number of pyridine rings is 1. The van der Waals surface area contributed by atoms with Gasteiger partial charge in [-0.15, -0.1) is 11.3 Å². The van der Waals surface area contributed by atoms with E-state index in [9.17, 15) is 4.79 Å². The summed E-state index contributed by atoms with van der Waals surface area (Å²) in [4.78, 5) is 21.5. The molecule has 0 radical (unpaired) electrons. The summed E-state index contributed by atoms with van der Waals surface area (Å²) in [6.07, 6.45) is 1.52. The first-order chi connectivity index (χ1) is 8.97. The fourth-order valence-corrected chi connectivity index (χ4v) is 2.79. The molecule has 1 unspecified atom stereocenters. The van der Waals surface area contributed by atoms with Crippen molar-refractivity contribution in [1.29, 1.82) is 0 Å². The number of anilines is 1.